The summed E-state index contributed by atoms with van der Waals surface area (Å²) < 4.78 is 42.6. The zero-order valence-electron chi connectivity index (χ0n) is 25.8. The van der Waals surface area contributed by atoms with E-state index in [-0.39, 0.29) is 23.5 Å². The number of nitrogens with zero attached hydrogens (tertiary/aromatic N) is 5. The second-order valence-corrected chi connectivity index (χ2v) is 12.1. The highest BCUT2D eigenvalue weighted by molar-refractivity contribution is 8.15. The molecule has 5 rings (SSSR count). The lowest BCUT2D eigenvalue weighted by molar-refractivity contribution is -0.274. The van der Waals surface area contributed by atoms with Crippen LogP contribution in [0.2, 0.25) is 0 Å². The number of amides is 3. The number of benzene rings is 3. The number of alkyl halides is 3. The summed E-state index contributed by atoms with van der Waals surface area (Å²) in [7, 11) is 0. The van der Waals surface area contributed by atoms with Crippen molar-refractivity contribution in [1.82, 2.24) is 20.1 Å². The number of amidine groups is 1. The third kappa shape index (κ3) is 8.13. The number of anilines is 1. The van der Waals surface area contributed by atoms with E-state index in [1.54, 1.807) is 4.90 Å². The highest BCUT2D eigenvalue weighted by atomic mass is 32.2. The van der Waals surface area contributed by atoms with Crippen molar-refractivity contribution in [3.05, 3.63) is 89.2 Å². The maximum atomic E-state index is 12.8. The van der Waals surface area contributed by atoms with Crippen molar-refractivity contribution in [2.45, 2.75) is 59.4 Å². The van der Waals surface area contributed by atoms with Crippen LogP contribution in [0.3, 0.4) is 0 Å². The van der Waals surface area contributed by atoms with Gasteiger partial charge < -0.3 is 10.1 Å². The van der Waals surface area contributed by atoms with Gasteiger partial charge in [0.1, 0.15) is 12.1 Å². The van der Waals surface area contributed by atoms with Gasteiger partial charge in [0.2, 0.25) is 5.91 Å². The van der Waals surface area contributed by atoms with E-state index in [2.05, 4.69) is 25.1 Å². The van der Waals surface area contributed by atoms with Crippen LogP contribution in [0, 0.1) is 20.8 Å². The van der Waals surface area contributed by atoms with Crippen molar-refractivity contribution in [3.8, 4) is 22.8 Å². The highest BCUT2D eigenvalue weighted by Gasteiger charge is 2.33. The van der Waals surface area contributed by atoms with Crippen LogP contribution in [-0.2, 0) is 11.2 Å². The maximum Gasteiger partial charge on any atom is 0.573 e. The molecule has 1 aliphatic rings. The minimum atomic E-state index is -4.75. The molecule has 0 spiro atoms. The van der Waals surface area contributed by atoms with Crippen LogP contribution in [-0.4, -0.2) is 50.0 Å². The highest BCUT2D eigenvalue weighted by Crippen LogP contribution is 2.33. The minimum absolute atomic E-state index is 0.0945. The van der Waals surface area contributed by atoms with Crippen molar-refractivity contribution in [1.29, 1.82) is 0 Å². The average Bonchev–Trinajstić information content (AvgIpc) is 3.60. The smallest absolute Gasteiger partial charge is 0.406 e. The van der Waals surface area contributed by atoms with Crippen LogP contribution in [0.4, 0.5) is 23.7 Å². The molecule has 1 N–H and O–H groups in total. The Bertz CT molecular complexity index is 1730. The first-order chi connectivity index (χ1) is 21.9. The van der Waals surface area contributed by atoms with E-state index in [0.717, 1.165) is 52.8 Å². The predicted molar refractivity (Wildman–Crippen MR) is 172 cm³/mol. The molecule has 0 radical (unpaired) electrons. The first kappa shape index (κ1) is 32.7. The zero-order valence-corrected chi connectivity index (χ0v) is 26.6. The standard InChI is InChI=1S/C33H33F3N6O3S/c1-20-16-21(2)29(22(3)17-20)42-28(43)18-46-32(42)39-31(44)38-23(4)6-5-7-24-8-10-25(11-9-24)30-37-19-41(40-30)26-12-14-27(15-13-26)45-33(34,35)36/h8-17,19,23H,5-7,18H2,1-4H3,(H,38,44)/b39-32-. The van der Waals surface area contributed by atoms with Crippen LogP contribution in [0.25, 0.3) is 17.1 Å². The quantitative estimate of drug-likeness (QED) is 0.204. The number of carbonyl (C=O) groups excluding carboxylic acids is 2. The number of carbonyl (C=O) groups is 2. The third-order valence-corrected chi connectivity index (χ3v) is 8.26. The normalized spacial score (nSPS) is 15.0. The number of hydrogen-bond acceptors (Lipinski definition) is 6. The molecule has 1 saturated heterocycles. The summed E-state index contributed by atoms with van der Waals surface area (Å²) >= 11 is 1.26. The number of aliphatic imine (C=N–C) groups is 1. The number of ether oxygens (including phenoxy) is 1. The summed E-state index contributed by atoms with van der Waals surface area (Å²) in [5.74, 6) is 0.314. The molecule has 1 unspecified atom stereocenters. The Morgan fingerprint density at radius 1 is 1.07 bits per heavy atom. The fourth-order valence-electron chi connectivity index (χ4n) is 5.35. The molecule has 4 aromatic rings. The predicted octanol–water partition coefficient (Wildman–Crippen LogP) is 7.31. The van der Waals surface area contributed by atoms with Crippen molar-refractivity contribution in [2.75, 3.05) is 10.7 Å². The van der Waals surface area contributed by atoms with E-state index in [9.17, 15) is 22.8 Å². The fraction of sp³-hybridized carbons (Fsp3) is 0.303. The number of halogens is 3. The van der Waals surface area contributed by atoms with Gasteiger partial charge in [-0.2, -0.15) is 4.99 Å². The molecule has 2 heterocycles. The molecular formula is C33H33F3N6O3S. The lowest BCUT2D eigenvalue weighted by atomic mass is 10.0. The van der Waals surface area contributed by atoms with Crippen molar-refractivity contribution < 1.29 is 27.5 Å². The monoisotopic (exact) mass is 650 g/mol. The summed E-state index contributed by atoms with van der Waals surface area (Å²) in [4.78, 5) is 35.6. The van der Waals surface area contributed by atoms with Gasteiger partial charge in [0, 0.05) is 11.6 Å². The molecule has 9 nitrogen and oxygen atoms in total. The fourth-order valence-corrected chi connectivity index (χ4v) is 6.20. The molecule has 1 aromatic heterocycles. The molecule has 1 aliphatic heterocycles. The average molecular weight is 651 g/mol. The Morgan fingerprint density at radius 3 is 2.39 bits per heavy atom. The van der Waals surface area contributed by atoms with Crippen LogP contribution in [0.1, 0.15) is 42.0 Å². The van der Waals surface area contributed by atoms with E-state index in [1.165, 1.54) is 47.0 Å². The SMILES string of the molecule is Cc1cc(C)c(N2C(=O)CS/C2=N\C(=O)NC(C)CCCc2ccc(-c3ncn(-c4ccc(OC(F)(F)F)cc4)n3)cc2)c(C)c1. The second-order valence-electron chi connectivity index (χ2n) is 11.2. The van der Waals surface area contributed by atoms with Gasteiger partial charge in [-0.15, -0.1) is 18.3 Å². The summed E-state index contributed by atoms with van der Waals surface area (Å²) in [5, 5.41) is 7.75. The molecule has 240 valence electrons. The largest absolute Gasteiger partial charge is 0.573 e. The number of nitrogens with one attached hydrogen (secondary N) is 1. The molecule has 0 aliphatic carbocycles. The van der Waals surface area contributed by atoms with Gasteiger partial charge in [-0.1, -0.05) is 53.7 Å². The third-order valence-electron chi connectivity index (χ3n) is 7.33. The molecule has 3 aromatic carbocycles. The molecule has 3 amide bonds. The van der Waals surface area contributed by atoms with Crippen molar-refractivity contribution in [3.63, 3.8) is 0 Å². The van der Waals surface area contributed by atoms with Crippen LogP contribution >= 0.6 is 11.8 Å². The number of urea groups is 1. The summed E-state index contributed by atoms with van der Waals surface area (Å²) in [6.45, 7) is 7.85. The topological polar surface area (TPSA) is 102 Å². The number of rotatable bonds is 9. The van der Waals surface area contributed by atoms with E-state index < -0.39 is 12.4 Å². The van der Waals surface area contributed by atoms with Crippen molar-refractivity contribution >= 4 is 34.6 Å². The molecule has 13 heteroatoms. The molecular weight excluding hydrogens is 617 g/mol. The first-order valence-electron chi connectivity index (χ1n) is 14.7. The maximum absolute atomic E-state index is 12.8. The van der Waals surface area contributed by atoms with Gasteiger partial charge in [0.15, 0.2) is 11.0 Å². The molecule has 46 heavy (non-hydrogen) atoms. The Balaban J connectivity index is 1.12. The Kier molecular flexibility index (Phi) is 9.80. The molecule has 0 bridgehead atoms. The molecule has 0 saturated carbocycles. The van der Waals surface area contributed by atoms with Gasteiger partial charge >= 0.3 is 12.4 Å². The molecule has 1 fully saturated rings. The minimum Gasteiger partial charge on any atom is -0.406 e. The van der Waals surface area contributed by atoms with Gasteiger partial charge in [-0.3, -0.25) is 9.69 Å². The van der Waals surface area contributed by atoms with Crippen LogP contribution in [0.15, 0.2) is 72.0 Å². The summed E-state index contributed by atoms with van der Waals surface area (Å²) in [6.07, 6.45) is -0.885. The lowest BCUT2D eigenvalue weighted by Crippen LogP contribution is -2.34. The Labute approximate surface area is 268 Å². The van der Waals surface area contributed by atoms with Gasteiger partial charge in [0.25, 0.3) is 0 Å². The second kappa shape index (κ2) is 13.8. The number of thioether (sulfide) groups is 1. The lowest BCUT2D eigenvalue weighted by Gasteiger charge is -2.21. The zero-order chi connectivity index (χ0) is 33.0. The van der Waals surface area contributed by atoms with E-state index in [1.807, 2.05) is 64.1 Å². The van der Waals surface area contributed by atoms with Crippen LogP contribution in [0.5, 0.6) is 5.75 Å². The van der Waals surface area contributed by atoms with E-state index in [0.29, 0.717) is 16.7 Å². The number of aryl methyl sites for hydroxylation is 4. The van der Waals surface area contributed by atoms with Gasteiger partial charge in [-0.25, -0.2) is 14.5 Å². The number of hydrogen-bond donors (Lipinski definition) is 1. The van der Waals surface area contributed by atoms with Gasteiger partial charge in [-0.05, 0) is 87.9 Å². The van der Waals surface area contributed by atoms with Crippen molar-refractivity contribution in [2.24, 2.45) is 4.99 Å². The van der Waals surface area contributed by atoms with E-state index in [4.69, 9.17) is 0 Å². The Hall–Kier alpha value is -4.65. The summed E-state index contributed by atoms with van der Waals surface area (Å²) in [5.41, 5.74) is 6.26. The van der Waals surface area contributed by atoms with Gasteiger partial charge in [0.05, 0.1) is 17.1 Å². The summed E-state index contributed by atoms with van der Waals surface area (Å²) in [6, 6.07) is 16.6. The van der Waals surface area contributed by atoms with E-state index >= 15 is 0 Å². The van der Waals surface area contributed by atoms with Crippen LogP contribution < -0.4 is 15.0 Å². The Morgan fingerprint density at radius 2 is 1.74 bits per heavy atom. The molecule has 1 atom stereocenters. The number of aromatic nitrogens is 3. The first-order valence-corrected chi connectivity index (χ1v) is 15.6.